The number of rotatable bonds is 4. The van der Waals surface area contributed by atoms with Crippen molar-refractivity contribution in [1.29, 1.82) is 0 Å². The summed E-state index contributed by atoms with van der Waals surface area (Å²) in [6.07, 6.45) is 7.45. The molecule has 1 fully saturated rings. The number of aliphatic imine (C=N–C) groups is 1. The fourth-order valence-corrected chi connectivity index (χ4v) is 2.64. The molecule has 112 valence electrons. The van der Waals surface area contributed by atoms with Crippen LogP contribution in [0.25, 0.3) is 0 Å². The first kappa shape index (κ1) is 15.5. The van der Waals surface area contributed by atoms with Crippen molar-refractivity contribution >= 4 is 29.9 Å². The molecule has 1 aliphatic heterocycles. The van der Waals surface area contributed by atoms with Crippen LogP contribution in [0.2, 0.25) is 0 Å². The molecule has 3 N–H and O–H groups in total. The lowest BCUT2D eigenvalue weighted by atomic mass is 9.85. The van der Waals surface area contributed by atoms with Gasteiger partial charge in [0.1, 0.15) is 12.4 Å². The van der Waals surface area contributed by atoms with Gasteiger partial charge in [-0.2, -0.15) is 0 Å². The number of nitrogens with two attached hydrogens (primary N) is 1. The smallest absolute Gasteiger partial charge is 0.189 e. The summed E-state index contributed by atoms with van der Waals surface area (Å²) in [6, 6.07) is 0. The van der Waals surface area contributed by atoms with Crippen LogP contribution in [-0.2, 0) is 19.5 Å². The Bertz CT molecular complexity index is 465. The van der Waals surface area contributed by atoms with Gasteiger partial charge in [-0.1, -0.05) is 6.42 Å². The Morgan fingerprint density at radius 2 is 2.15 bits per heavy atom. The first-order valence-electron chi connectivity index (χ1n) is 7.27. The minimum absolute atomic E-state index is 0. The summed E-state index contributed by atoms with van der Waals surface area (Å²) < 4.78 is 2.19. The van der Waals surface area contributed by atoms with E-state index in [1.54, 1.807) is 0 Å². The van der Waals surface area contributed by atoms with E-state index < -0.39 is 0 Å². The third-order valence-corrected chi connectivity index (χ3v) is 4.12. The van der Waals surface area contributed by atoms with E-state index in [2.05, 4.69) is 25.1 Å². The first-order chi connectivity index (χ1) is 9.33. The number of halogens is 1. The molecule has 0 aromatic carbocycles. The van der Waals surface area contributed by atoms with Crippen molar-refractivity contribution < 1.29 is 0 Å². The quantitative estimate of drug-likeness (QED) is 0.463. The first-order valence-corrected chi connectivity index (χ1v) is 7.27. The van der Waals surface area contributed by atoms with E-state index in [0.717, 1.165) is 37.1 Å². The summed E-state index contributed by atoms with van der Waals surface area (Å²) in [7, 11) is 0. The van der Waals surface area contributed by atoms with Gasteiger partial charge in [-0.25, -0.2) is 4.99 Å². The standard InChI is InChI=1S/C13H22N6.HI/c14-13(15-8-10-4-3-5-10)16-9-12-18-17-11-6-1-2-7-19(11)12;/h10H,1-9H2,(H3,14,15,16);1H. The summed E-state index contributed by atoms with van der Waals surface area (Å²) in [5, 5.41) is 11.6. The van der Waals surface area contributed by atoms with Crippen molar-refractivity contribution in [2.75, 3.05) is 6.54 Å². The van der Waals surface area contributed by atoms with Crippen molar-refractivity contribution in [1.82, 2.24) is 20.1 Å². The van der Waals surface area contributed by atoms with E-state index in [1.807, 2.05) is 0 Å². The summed E-state index contributed by atoms with van der Waals surface area (Å²) in [4.78, 5) is 4.37. The summed E-state index contributed by atoms with van der Waals surface area (Å²) in [5.74, 6) is 3.34. The Balaban J connectivity index is 0.00000147. The minimum Gasteiger partial charge on any atom is -0.370 e. The van der Waals surface area contributed by atoms with Crippen LogP contribution in [0.5, 0.6) is 0 Å². The molecule has 20 heavy (non-hydrogen) atoms. The van der Waals surface area contributed by atoms with Crippen LogP contribution >= 0.6 is 24.0 Å². The summed E-state index contributed by atoms with van der Waals surface area (Å²) in [6.45, 7) is 2.49. The molecule has 0 radical (unpaired) electrons. The number of aromatic nitrogens is 3. The zero-order valence-electron chi connectivity index (χ0n) is 11.7. The van der Waals surface area contributed by atoms with Crippen LogP contribution in [-0.4, -0.2) is 27.3 Å². The molecule has 0 atom stereocenters. The molecule has 0 spiro atoms. The maximum absolute atomic E-state index is 5.87. The van der Waals surface area contributed by atoms with Crippen LogP contribution in [0.3, 0.4) is 0 Å². The van der Waals surface area contributed by atoms with Gasteiger partial charge in [0.15, 0.2) is 11.8 Å². The van der Waals surface area contributed by atoms with Gasteiger partial charge in [-0.15, -0.1) is 34.2 Å². The van der Waals surface area contributed by atoms with E-state index in [9.17, 15) is 0 Å². The second kappa shape index (κ2) is 7.24. The number of hydrogen-bond acceptors (Lipinski definition) is 3. The Kier molecular flexibility index (Phi) is 5.62. The Labute approximate surface area is 136 Å². The molecule has 0 saturated heterocycles. The zero-order chi connectivity index (χ0) is 13.1. The average Bonchev–Trinajstić information content (AvgIpc) is 2.78. The molecule has 1 saturated carbocycles. The fourth-order valence-electron chi connectivity index (χ4n) is 2.64. The maximum atomic E-state index is 5.87. The van der Waals surface area contributed by atoms with Crippen LogP contribution in [0.15, 0.2) is 4.99 Å². The van der Waals surface area contributed by atoms with Crippen molar-refractivity contribution in [3.63, 3.8) is 0 Å². The number of nitrogens with one attached hydrogen (secondary N) is 1. The van der Waals surface area contributed by atoms with Crippen LogP contribution in [0.1, 0.15) is 43.8 Å². The molecule has 1 aromatic heterocycles. The Hall–Kier alpha value is -0.860. The highest BCUT2D eigenvalue weighted by atomic mass is 127. The number of hydrogen-bond donors (Lipinski definition) is 2. The molecule has 1 aromatic rings. The van der Waals surface area contributed by atoms with Gasteiger partial charge in [0.05, 0.1) is 0 Å². The summed E-state index contributed by atoms with van der Waals surface area (Å²) >= 11 is 0. The van der Waals surface area contributed by atoms with Gasteiger partial charge in [-0.05, 0) is 31.6 Å². The van der Waals surface area contributed by atoms with Crippen molar-refractivity contribution in [2.45, 2.75) is 51.6 Å². The fraction of sp³-hybridized carbons (Fsp3) is 0.769. The topological polar surface area (TPSA) is 81.1 Å². The van der Waals surface area contributed by atoms with E-state index in [-0.39, 0.29) is 24.0 Å². The Morgan fingerprint density at radius 1 is 1.30 bits per heavy atom. The molecule has 6 nitrogen and oxygen atoms in total. The maximum Gasteiger partial charge on any atom is 0.189 e. The molecule has 0 bridgehead atoms. The lowest BCUT2D eigenvalue weighted by Gasteiger charge is -2.25. The van der Waals surface area contributed by atoms with Gasteiger partial charge in [-0.3, -0.25) is 0 Å². The molecule has 2 aliphatic rings. The normalized spacial score (nSPS) is 18.9. The van der Waals surface area contributed by atoms with E-state index in [0.29, 0.717) is 12.5 Å². The Morgan fingerprint density at radius 3 is 2.90 bits per heavy atom. The van der Waals surface area contributed by atoms with Crippen LogP contribution in [0, 0.1) is 5.92 Å². The van der Waals surface area contributed by atoms with Crippen molar-refractivity contribution in [2.24, 2.45) is 16.6 Å². The molecular formula is C13H23IN6. The zero-order valence-corrected chi connectivity index (χ0v) is 14.0. The van der Waals surface area contributed by atoms with Crippen molar-refractivity contribution in [3.8, 4) is 0 Å². The third-order valence-electron chi connectivity index (χ3n) is 4.12. The highest BCUT2D eigenvalue weighted by Gasteiger charge is 2.17. The van der Waals surface area contributed by atoms with Crippen LogP contribution in [0.4, 0.5) is 0 Å². The van der Waals surface area contributed by atoms with Crippen LogP contribution < -0.4 is 11.1 Å². The highest BCUT2D eigenvalue weighted by Crippen LogP contribution is 2.25. The third kappa shape index (κ3) is 3.62. The predicted molar refractivity (Wildman–Crippen MR) is 89.0 cm³/mol. The molecule has 7 heteroatoms. The summed E-state index contributed by atoms with van der Waals surface area (Å²) in [5.41, 5.74) is 5.87. The lowest BCUT2D eigenvalue weighted by Crippen LogP contribution is -2.37. The molecule has 0 unspecified atom stereocenters. The van der Waals surface area contributed by atoms with Crippen molar-refractivity contribution in [3.05, 3.63) is 11.6 Å². The second-order valence-corrected chi connectivity index (χ2v) is 5.52. The molecular weight excluding hydrogens is 367 g/mol. The van der Waals surface area contributed by atoms with E-state index >= 15 is 0 Å². The monoisotopic (exact) mass is 390 g/mol. The second-order valence-electron chi connectivity index (χ2n) is 5.52. The van der Waals surface area contributed by atoms with E-state index in [4.69, 9.17) is 5.73 Å². The van der Waals surface area contributed by atoms with Gasteiger partial charge in [0, 0.05) is 19.5 Å². The number of nitrogens with zero attached hydrogens (tertiary/aromatic N) is 4. The van der Waals surface area contributed by atoms with Gasteiger partial charge in [0.2, 0.25) is 0 Å². The minimum atomic E-state index is 0. The van der Waals surface area contributed by atoms with Gasteiger partial charge >= 0.3 is 0 Å². The van der Waals surface area contributed by atoms with E-state index in [1.165, 1.54) is 32.1 Å². The average molecular weight is 390 g/mol. The number of fused-ring (bicyclic) bond motifs is 1. The SMILES string of the molecule is I.NC(=NCc1nnc2n1CCCC2)NCC1CCC1. The molecule has 0 amide bonds. The molecule has 1 aliphatic carbocycles. The van der Waals surface area contributed by atoms with Gasteiger partial charge in [0.25, 0.3) is 0 Å². The lowest BCUT2D eigenvalue weighted by molar-refractivity contribution is 0.315. The molecule has 3 rings (SSSR count). The number of aryl methyl sites for hydroxylation is 1. The predicted octanol–water partition coefficient (Wildman–Crippen LogP) is 1.44. The number of guanidine groups is 1. The highest BCUT2D eigenvalue weighted by molar-refractivity contribution is 14.0. The molecule has 2 heterocycles. The largest absolute Gasteiger partial charge is 0.370 e. The van der Waals surface area contributed by atoms with Gasteiger partial charge < -0.3 is 15.6 Å².